The van der Waals surface area contributed by atoms with Crippen molar-refractivity contribution in [1.29, 1.82) is 0 Å². The van der Waals surface area contributed by atoms with Crippen LogP contribution in [0.25, 0.3) is 0 Å². The van der Waals surface area contributed by atoms with Gasteiger partial charge in [0.25, 0.3) is 0 Å². The summed E-state index contributed by atoms with van der Waals surface area (Å²) in [6.45, 7) is 7.25. The molecule has 17 heavy (non-hydrogen) atoms. The number of carbonyl (C=O) groups is 2. The van der Waals surface area contributed by atoms with Crippen LogP contribution in [0.5, 0.6) is 0 Å². The summed E-state index contributed by atoms with van der Waals surface area (Å²) in [6, 6.07) is 0. The molecule has 1 rings (SSSR count). The molecule has 0 heterocycles. The summed E-state index contributed by atoms with van der Waals surface area (Å²) in [6.07, 6.45) is 0.916. The van der Waals surface area contributed by atoms with Gasteiger partial charge in [-0.2, -0.15) is 0 Å². The van der Waals surface area contributed by atoms with E-state index in [4.69, 9.17) is 9.47 Å². The highest BCUT2D eigenvalue weighted by Gasteiger charge is 2.53. The van der Waals surface area contributed by atoms with E-state index in [1.54, 1.807) is 20.8 Å². The van der Waals surface area contributed by atoms with Gasteiger partial charge in [0.2, 0.25) is 0 Å². The molecule has 1 fully saturated rings. The molecule has 0 aromatic rings. The zero-order valence-corrected chi connectivity index (χ0v) is 11.1. The van der Waals surface area contributed by atoms with Gasteiger partial charge < -0.3 is 14.8 Å². The number of rotatable bonds is 2. The highest BCUT2D eigenvalue weighted by molar-refractivity contribution is 5.87. The maximum atomic E-state index is 11.7. The van der Waals surface area contributed by atoms with Crippen molar-refractivity contribution < 1.29 is 19.1 Å². The number of hydrogen-bond acceptors (Lipinski definition) is 4. The summed E-state index contributed by atoms with van der Waals surface area (Å²) in [7, 11) is 1.33. The lowest BCUT2D eigenvalue weighted by atomic mass is 9.67. The Morgan fingerprint density at radius 1 is 1.35 bits per heavy atom. The second-order valence-corrected chi connectivity index (χ2v) is 5.53. The Labute approximate surface area is 102 Å². The fourth-order valence-corrected chi connectivity index (χ4v) is 1.93. The molecule has 98 valence electrons. The number of carbonyl (C=O) groups excluding carboxylic acids is 2. The first-order valence-corrected chi connectivity index (χ1v) is 5.81. The Bertz CT molecular complexity index is 321. The van der Waals surface area contributed by atoms with Crippen LogP contribution in [0.4, 0.5) is 4.79 Å². The zero-order chi connectivity index (χ0) is 13.3. The smallest absolute Gasteiger partial charge is 0.408 e. The molecular formula is C12H21NO4. The van der Waals surface area contributed by atoms with Crippen molar-refractivity contribution in [1.82, 2.24) is 5.32 Å². The molecule has 1 aliphatic carbocycles. The van der Waals surface area contributed by atoms with E-state index < -0.39 is 23.2 Å². The summed E-state index contributed by atoms with van der Waals surface area (Å²) in [4.78, 5) is 23.4. The molecule has 1 aliphatic rings. The van der Waals surface area contributed by atoms with Gasteiger partial charge in [-0.3, -0.25) is 0 Å². The molecule has 0 aliphatic heterocycles. The van der Waals surface area contributed by atoms with E-state index in [2.05, 4.69) is 5.32 Å². The van der Waals surface area contributed by atoms with Crippen LogP contribution in [-0.2, 0) is 14.3 Å². The molecule has 0 radical (unpaired) electrons. The van der Waals surface area contributed by atoms with Gasteiger partial charge >= 0.3 is 12.1 Å². The molecule has 0 saturated heterocycles. The summed E-state index contributed by atoms with van der Waals surface area (Å²) >= 11 is 0. The Kier molecular flexibility index (Phi) is 3.69. The van der Waals surface area contributed by atoms with E-state index in [1.807, 2.05) is 6.92 Å². The van der Waals surface area contributed by atoms with Gasteiger partial charge in [0, 0.05) is 0 Å². The van der Waals surface area contributed by atoms with Crippen LogP contribution < -0.4 is 5.32 Å². The number of nitrogens with one attached hydrogen (secondary N) is 1. The van der Waals surface area contributed by atoms with E-state index in [-0.39, 0.29) is 5.92 Å². The minimum absolute atomic E-state index is 0.0717. The van der Waals surface area contributed by atoms with Gasteiger partial charge in [0.05, 0.1) is 7.11 Å². The van der Waals surface area contributed by atoms with Crippen LogP contribution in [0, 0.1) is 5.92 Å². The van der Waals surface area contributed by atoms with Crippen LogP contribution in [0.15, 0.2) is 0 Å². The van der Waals surface area contributed by atoms with Crippen LogP contribution in [-0.4, -0.2) is 30.3 Å². The van der Waals surface area contributed by atoms with E-state index >= 15 is 0 Å². The van der Waals surface area contributed by atoms with Gasteiger partial charge in [-0.15, -0.1) is 0 Å². The standard InChI is InChI=1S/C12H21NO4/c1-8-6-7-12(8,9(14)16-5)13-10(15)17-11(2,3)4/h8H,6-7H2,1-5H3,(H,13,15)/t8-,12-/m0/s1. The second kappa shape index (κ2) is 4.55. The van der Waals surface area contributed by atoms with Crippen molar-refractivity contribution in [2.45, 2.75) is 51.7 Å². The van der Waals surface area contributed by atoms with Crippen LogP contribution >= 0.6 is 0 Å². The Morgan fingerprint density at radius 2 is 1.94 bits per heavy atom. The van der Waals surface area contributed by atoms with Crippen molar-refractivity contribution in [3.8, 4) is 0 Å². The van der Waals surface area contributed by atoms with Crippen LogP contribution in [0.1, 0.15) is 40.5 Å². The predicted octanol–water partition coefficient (Wildman–Crippen LogP) is 1.85. The summed E-state index contributed by atoms with van der Waals surface area (Å²) in [5, 5.41) is 2.65. The fraction of sp³-hybridized carbons (Fsp3) is 0.833. The average Bonchev–Trinajstić information content (AvgIpc) is 2.20. The first kappa shape index (κ1) is 13.8. The van der Waals surface area contributed by atoms with Crippen LogP contribution in [0.3, 0.4) is 0 Å². The minimum atomic E-state index is -0.906. The van der Waals surface area contributed by atoms with Gasteiger partial charge in [0.15, 0.2) is 0 Å². The molecule has 1 saturated carbocycles. The summed E-state index contributed by atoms with van der Waals surface area (Å²) < 4.78 is 9.90. The average molecular weight is 243 g/mol. The third kappa shape index (κ3) is 2.90. The van der Waals surface area contributed by atoms with E-state index in [0.717, 1.165) is 6.42 Å². The van der Waals surface area contributed by atoms with Crippen molar-refractivity contribution in [3.05, 3.63) is 0 Å². The van der Waals surface area contributed by atoms with Gasteiger partial charge in [-0.1, -0.05) is 6.92 Å². The monoisotopic (exact) mass is 243 g/mol. The largest absolute Gasteiger partial charge is 0.467 e. The number of methoxy groups -OCH3 is 1. The molecule has 5 nitrogen and oxygen atoms in total. The lowest BCUT2D eigenvalue weighted by molar-refractivity contribution is -0.156. The molecule has 0 spiro atoms. The lowest BCUT2D eigenvalue weighted by Crippen LogP contribution is -2.65. The topological polar surface area (TPSA) is 64.6 Å². The number of alkyl carbamates (subject to hydrolysis) is 1. The Morgan fingerprint density at radius 3 is 2.24 bits per heavy atom. The van der Waals surface area contributed by atoms with Crippen molar-refractivity contribution in [2.75, 3.05) is 7.11 Å². The first-order valence-electron chi connectivity index (χ1n) is 5.81. The maximum Gasteiger partial charge on any atom is 0.408 e. The van der Waals surface area contributed by atoms with Crippen molar-refractivity contribution in [2.24, 2.45) is 5.92 Å². The number of esters is 1. The molecular weight excluding hydrogens is 222 g/mol. The van der Waals surface area contributed by atoms with Crippen molar-refractivity contribution >= 4 is 12.1 Å². The molecule has 1 amide bonds. The van der Waals surface area contributed by atoms with Gasteiger partial charge in [-0.05, 0) is 39.5 Å². The molecule has 2 atom stereocenters. The Balaban J connectivity index is 2.69. The predicted molar refractivity (Wildman–Crippen MR) is 62.5 cm³/mol. The number of amides is 1. The molecule has 0 aromatic carbocycles. The third-order valence-electron chi connectivity index (χ3n) is 3.09. The lowest BCUT2D eigenvalue weighted by Gasteiger charge is -2.45. The fourth-order valence-electron chi connectivity index (χ4n) is 1.93. The zero-order valence-electron chi connectivity index (χ0n) is 11.1. The molecule has 0 unspecified atom stereocenters. The van der Waals surface area contributed by atoms with Crippen LogP contribution in [0.2, 0.25) is 0 Å². The molecule has 0 bridgehead atoms. The normalized spacial score (nSPS) is 27.9. The highest BCUT2D eigenvalue weighted by Crippen LogP contribution is 2.39. The highest BCUT2D eigenvalue weighted by atomic mass is 16.6. The number of hydrogen-bond donors (Lipinski definition) is 1. The first-order chi connectivity index (χ1) is 7.71. The van der Waals surface area contributed by atoms with Gasteiger partial charge in [-0.25, -0.2) is 9.59 Å². The Hall–Kier alpha value is -1.26. The minimum Gasteiger partial charge on any atom is -0.467 e. The van der Waals surface area contributed by atoms with E-state index in [9.17, 15) is 9.59 Å². The summed E-state index contributed by atoms with van der Waals surface area (Å²) in [5.41, 5.74) is -1.48. The molecule has 5 heteroatoms. The van der Waals surface area contributed by atoms with E-state index in [0.29, 0.717) is 6.42 Å². The summed E-state index contributed by atoms with van der Waals surface area (Å²) in [5.74, 6) is -0.329. The second-order valence-electron chi connectivity index (χ2n) is 5.53. The van der Waals surface area contributed by atoms with E-state index in [1.165, 1.54) is 7.11 Å². The maximum absolute atomic E-state index is 11.7. The molecule has 1 N–H and O–H groups in total. The number of ether oxygens (including phenoxy) is 2. The third-order valence-corrected chi connectivity index (χ3v) is 3.09. The SMILES string of the molecule is COC(=O)[C@]1(NC(=O)OC(C)(C)C)CC[C@@H]1C. The quantitative estimate of drug-likeness (QED) is 0.752. The molecule has 0 aromatic heterocycles. The van der Waals surface area contributed by atoms with Gasteiger partial charge in [0.1, 0.15) is 11.1 Å². The van der Waals surface area contributed by atoms with Crippen molar-refractivity contribution in [3.63, 3.8) is 0 Å².